The van der Waals surface area contributed by atoms with Crippen molar-refractivity contribution in [2.45, 2.75) is 26.3 Å². The maximum Gasteiger partial charge on any atom is 0.319 e. The molecule has 2 N–H and O–H groups in total. The summed E-state index contributed by atoms with van der Waals surface area (Å²) in [7, 11) is 1.57. The molecule has 0 bridgehead atoms. The van der Waals surface area contributed by atoms with Crippen molar-refractivity contribution in [3.05, 3.63) is 29.3 Å². The molecule has 0 radical (unpaired) electrons. The largest absolute Gasteiger partial charge is 0.496 e. The lowest BCUT2D eigenvalue weighted by Crippen LogP contribution is -2.36. The predicted molar refractivity (Wildman–Crippen MR) is 68.9 cm³/mol. The molecule has 0 atom stereocenters. The number of ether oxygens (including phenoxy) is 1. The smallest absolute Gasteiger partial charge is 0.319 e. The number of aryl methyl sites for hydroxylation is 1. The number of carbonyl (C=O) groups is 2. The second-order valence-electron chi connectivity index (χ2n) is 4.89. The topological polar surface area (TPSA) is 75.6 Å². The molecule has 1 aliphatic rings. The number of carbonyl (C=O) groups excluding carboxylic acids is 1. The van der Waals surface area contributed by atoms with Crippen LogP contribution in [0.5, 0.6) is 5.75 Å². The zero-order valence-electron chi connectivity index (χ0n) is 11.0. The van der Waals surface area contributed by atoms with Crippen LogP contribution in [0.15, 0.2) is 18.2 Å². The van der Waals surface area contributed by atoms with Gasteiger partial charge in [0.2, 0.25) is 5.91 Å². The maximum absolute atomic E-state index is 11.9. The first-order chi connectivity index (χ1) is 8.99. The molecule has 0 aliphatic heterocycles. The second kappa shape index (κ2) is 4.91. The molecule has 1 aromatic rings. The van der Waals surface area contributed by atoms with Crippen LogP contribution in [0, 0.1) is 12.3 Å². The van der Waals surface area contributed by atoms with Gasteiger partial charge in [-0.3, -0.25) is 9.59 Å². The maximum atomic E-state index is 11.9. The van der Waals surface area contributed by atoms with E-state index in [9.17, 15) is 9.59 Å². The highest BCUT2D eigenvalue weighted by Gasteiger charge is 2.56. The average Bonchev–Trinajstić information content (AvgIpc) is 3.18. The van der Waals surface area contributed by atoms with Crippen LogP contribution in [0.4, 0.5) is 0 Å². The van der Waals surface area contributed by atoms with Gasteiger partial charge in [-0.15, -0.1) is 0 Å². The molecular formula is C14H17NO4. The molecule has 0 aromatic heterocycles. The third-order valence-corrected chi connectivity index (χ3v) is 3.48. The van der Waals surface area contributed by atoms with Crippen LogP contribution in [0.1, 0.15) is 24.0 Å². The zero-order chi connectivity index (χ0) is 14.0. The van der Waals surface area contributed by atoms with Crippen molar-refractivity contribution < 1.29 is 19.4 Å². The van der Waals surface area contributed by atoms with Crippen LogP contribution in [0.25, 0.3) is 0 Å². The van der Waals surface area contributed by atoms with Crippen LogP contribution in [-0.4, -0.2) is 24.1 Å². The van der Waals surface area contributed by atoms with Crippen LogP contribution >= 0.6 is 0 Å². The van der Waals surface area contributed by atoms with Gasteiger partial charge in [0.1, 0.15) is 11.2 Å². The summed E-state index contributed by atoms with van der Waals surface area (Å²) < 4.78 is 5.24. The Morgan fingerprint density at radius 2 is 2.11 bits per heavy atom. The van der Waals surface area contributed by atoms with E-state index in [-0.39, 0.29) is 6.54 Å². The summed E-state index contributed by atoms with van der Waals surface area (Å²) in [6, 6.07) is 5.68. The number of amides is 1. The summed E-state index contributed by atoms with van der Waals surface area (Å²) in [5, 5.41) is 11.7. The number of carboxylic acids is 1. The number of methoxy groups -OCH3 is 1. The fraction of sp³-hybridized carbons (Fsp3) is 0.429. The van der Waals surface area contributed by atoms with E-state index < -0.39 is 17.3 Å². The lowest BCUT2D eigenvalue weighted by atomic mass is 10.1. The lowest BCUT2D eigenvalue weighted by Gasteiger charge is -2.13. The molecule has 2 rings (SSSR count). The van der Waals surface area contributed by atoms with Gasteiger partial charge in [-0.2, -0.15) is 0 Å². The molecule has 0 spiro atoms. The van der Waals surface area contributed by atoms with E-state index in [4.69, 9.17) is 9.84 Å². The number of hydrogen-bond acceptors (Lipinski definition) is 3. The van der Waals surface area contributed by atoms with Gasteiger partial charge in [-0.25, -0.2) is 0 Å². The quantitative estimate of drug-likeness (QED) is 0.789. The minimum Gasteiger partial charge on any atom is -0.496 e. The third kappa shape index (κ3) is 2.54. The minimum absolute atomic E-state index is 0.275. The van der Waals surface area contributed by atoms with Crippen molar-refractivity contribution in [1.29, 1.82) is 0 Å². The standard InChI is InChI=1S/C14H17NO4/c1-9-3-4-10(11(7-9)19-2)8-15-12(16)14(5-6-14)13(17)18/h3-4,7H,5-6,8H2,1-2H3,(H,15,16)(H,17,18). The molecule has 102 valence electrons. The van der Waals surface area contributed by atoms with Gasteiger partial charge >= 0.3 is 5.97 Å². The molecule has 0 heterocycles. The second-order valence-corrected chi connectivity index (χ2v) is 4.89. The SMILES string of the molecule is COc1cc(C)ccc1CNC(=O)C1(C(=O)O)CC1. The van der Waals surface area contributed by atoms with Crippen molar-refractivity contribution >= 4 is 11.9 Å². The molecule has 1 aromatic carbocycles. The molecule has 5 heteroatoms. The molecular weight excluding hydrogens is 246 g/mol. The van der Waals surface area contributed by atoms with Gasteiger partial charge in [0.05, 0.1) is 7.11 Å². The van der Waals surface area contributed by atoms with Gasteiger partial charge in [-0.05, 0) is 31.4 Å². The number of carboxylic acid groups (broad SMARTS) is 1. The molecule has 1 saturated carbocycles. The molecule has 5 nitrogen and oxygen atoms in total. The fourth-order valence-corrected chi connectivity index (χ4v) is 2.01. The lowest BCUT2D eigenvalue weighted by molar-refractivity contribution is -0.149. The monoisotopic (exact) mass is 263 g/mol. The van der Waals surface area contributed by atoms with E-state index in [1.165, 1.54) is 0 Å². The number of rotatable bonds is 5. The summed E-state index contributed by atoms with van der Waals surface area (Å²) in [4.78, 5) is 22.9. The minimum atomic E-state index is -1.20. The van der Waals surface area contributed by atoms with Crippen LogP contribution in [0.2, 0.25) is 0 Å². The highest BCUT2D eigenvalue weighted by atomic mass is 16.5. The van der Waals surface area contributed by atoms with Crippen LogP contribution in [-0.2, 0) is 16.1 Å². The van der Waals surface area contributed by atoms with Crippen molar-refractivity contribution in [2.75, 3.05) is 7.11 Å². The molecule has 0 saturated heterocycles. The van der Waals surface area contributed by atoms with Crippen LogP contribution < -0.4 is 10.1 Å². The fourth-order valence-electron chi connectivity index (χ4n) is 2.01. The number of aliphatic carboxylic acids is 1. The number of nitrogens with one attached hydrogen (secondary N) is 1. The summed E-state index contributed by atoms with van der Waals surface area (Å²) in [6.07, 6.45) is 0.832. The first-order valence-corrected chi connectivity index (χ1v) is 6.15. The summed E-state index contributed by atoms with van der Waals surface area (Å²) in [5.74, 6) is -0.760. The highest BCUT2D eigenvalue weighted by Crippen LogP contribution is 2.46. The molecule has 1 fully saturated rings. The highest BCUT2D eigenvalue weighted by molar-refractivity contribution is 6.04. The van der Waals surface area contributed by atoms with Crippen molar-refractivity contribution in [3.63, 3.8) is 0 Å². The molecule has 1 amide bonds. The van der Waals surface area contributed by atoms with Crippen molar-refractivity contribution in [3.8, 4) is 5.75 Å². The Balaban J connectivity index is 2.03. The van der Waals surface area contributed by atoms with Crippen molar-refractivity contribution in [2.24, 2.45) is 5.41 Å². The Hall–Kier alpha value is -2.04. The van der Waals surface area contributed by atoms with Gasteiger partial charge in [0, 0.05) is 12.1 Å². The average molecular weight is 263 g/mol. The van der Waals surface area contributed by atoms with E-state index in [0.29, 0.717) is 18.6 Å². The van der Waals surface area contributed by atoms with Crippen molar-refractivity contribution in [1.82, 2.24) is 5.32 Å². The normalized spacial score (nSPS) is 15.7. The molecule has 19 heavy (non-hydrogen) atoms. The van der Waals surface area contributed by atoms with Crippen LogP contribution in [0.3, 0.4) is 0 Å². The Kier molecular flexibility index (Phi) is 3.46. The van der Waals surface area contributed by atoms with E-state index in [0.717, 1.165) is 11.1 Å². The Morgan fingerprint density at radius 3 is 2.63 bits per heavy atom. The van der Waals surface area contributed by atoms with Gasteiger partial charge in [-0.1, -0.05) is 12.1 Å². The summed E-state index contributed by atoms with van der Waals surface area (Å²) in [6.45, 7) is 2.23. The Morgan fingerprint density at radius 1 is 1.42 bits per heavy atom. The first-order valence-electron chi connectivity index (χ1n) is 6.15. The number of benzene rings is 1. The predicted octanol–water partition coefficient (Wildman–Crippen LogP) is 1.48. The Bertz CT molecular complexity index is 520. The first kappa shape index (κ1) is 13.4. The number of hydrogen-bond donors (Lipinski definition) is 2. The zero-order valence-corrected chi connectivity index (χ0v) is 11.0. The van der Waals surface area contributed by atoms with Gasteiger partial charge < -0.3 is 15.2 Å². The van der Waals surface area contributed by atoms with E-state index >= 15 is 0 Å². The molecule has 0 unspecified atom stereocenters. The van der Waals surface area contributed by atoms with E-state index in [1.807, 2.05) is 25.1 Å². The summed E-state index contributed by atoms with van der Waals surface area (Å²) in [5.41, 5.74) is 0.705. The van der Waals surface area contributed by atoms with E-state index in [2.05, 4.69) is 5.32 Å². The Labute approximate surface area is 111 Å². The summed E-state index contributed by atoms with van der Waals surface area (Å²) >= 11 is 0. The molecule has 1 aliphatic carbocycles. The van der Waals surface area contributed by atoms with Gasteiger partial charge in [0.15, 0.2) is 0 Å². The third-order valence-electron chi connectivity index (χ3n) is 3.48. The van der Waals surface area contributed by atoms with E-state index in [1.54, 1.807) is 7.11 Å². The van der Waals surface area contributed by atoms with Gasteiger partial charge in [0.25, 0.3) is 0 Å².